The van der Waals surface area contributed by atoms with E-state index in [1.807, 2.05) is 0 Å². The third-order valence-corrected chi connectivity index (χ3v) is 2.55. The van der Waals surface area contributed by atoms with Crippen LogP contribution in [0.25, 0.3) is 6.08 Å². The van der Waals surface area contributed by atoms with Crippen molar-refractivity contribution in [1.29, 1.82) is 0 Å². The molecule has 0 unspecified atom stereocenters. The smallest absolute Gasteiger partial charge is 0.282 e. The molecule has 0 amide bonds. The Bertz CT molecular complexity index is 445. The van der Waals surface area contributed by atoms with Crippen LogP contribution in [0.15, 0.2) is 23.6 Å². The minimum atomic E-state index is -4.15. The molecule has 0 aliphatic carbocycles. The zero-order chi connectivity index (χ0) is 10.8. The minimum absolute atomic E-state index is 0.317. The van der Waals surface area contributed by atoms with Crippen LogP contribution in [-0.2, 0) is 10.1 Å². The number of hydrogen-bond donors (Lipinski definition) is 1. The normalized spacial score (nSPS) is 12.2. The molecule has 3 nitrogen and oxygen atoms in total. The van der Waals surface area contributed by atoms with Crippen LogP contribution in [0.4, 0.5) is 0 Å². The lowest BCUT2D eigenvalue weighted by atomic mass is 10.2. The number of hydrogen-bond acceptors (Lipinski definition) is 2. The highest BCUT2D eigenvalue weighted by atomic mass is 35.5. The third-order valence-electron chi connectivity index (χ3n) is 1.41. The lowest BCUT2D eigenvalue weighted by Crippen LogP contribution is -1.89. The zero-order valence-electron chi connectivity index (χ0n) is 6.81. The van der Waals surface area contributed by atoms with Gasteiger partial charge >= 0.3 is 0 Å². The molecule has 0 aliphatic heterocycles. The fraction of sp³-hybridized carbons (Fsp3) is 0. The summed E-state index contributed by atoms with van der Waals surface area (Å²) in [6, 6.07) is 4.77. The molecular formula is C8H6Cl2O3S. The molecule has 0 heterocycles. The summed E-state index contributed by atoms with van der Waals surface area (Å²) in [4.78, 5) is 0. The van der Waals surface area contributed by atoms with Gasteiger partial charge in [-0.3, -0.25) is 4.55 Å². The monoisotopic (exact) mass is 252 g/mol. The molecule has 14 heavy (non-hydrogen) atoms. The first kappa shape index (κ1) is 11.5. The van der Waals surface area contributed by atoms with Gasteiger partial charge in [0.15, 0.2) is 0 Å². The van der Waals surface area contributed by atoms with Crippen molar-refractivity contribution in [3.63, 3.8) is 0 Å². The maximum Gasteiger partial charge on any atom is 0.287 e. The standard InChI is InChI=1S/C8H6Cl2O3S/c9-7-2-1-3-8(10)6(7)4-5-14(11,12)13/h1-5H,(H,11,12,13)/b5-4+. The summed E-state index contributed by atoms with van der Waals surface area (Å²) in [7, 11) is -4.15. The first-order valence-electron chi connectivity index (χ1n) is 3.50. The van der Waals surface area contributed by atoms with Crippen LogP contribution in [0.2, 0.25) is 10.0 Å². The van der Waals surface area contributed by atoms with Crippen LogP contribution in [0.3, 0.4) is 0 Å². The molecule has 1 N–H and O–H groups in total. The SMILES string of the molecule is O=S(=O)(O)/C=C/c1c(Cl)cccc1Cl. The Kier molecular flexibility index (Phi) is 3.55. The van der Waals surface area contributed by atoms with Crippen LogP contribution in [0.1, 0.15) is 5.56 Å². The molecule has 0 radical (unpaired) electrons. The van der Waals surface area contributed by atoms with Crippen molar-refractivity contribution in [3.05, 3.63) is 39.2 Å². The van der Waals surface area contributed by atoms with Gasteiger partial charge in [-0.2, -0.15) is 8.42 Å². The molecule has 1 aromatic rings. The van der Waals surface area contributed by atoms with E-state index in [9.17, 15) is 8.42 Å². The Morgan fingerprint density at radius 2 is 1.71 bits per heavy atom. The molecule has 0 saturated carbocycles. The van der Waals surface area contributed by atoms with E-state index in [1.54, 1.807) is 18.2 Å². The summed E-state index contributed by atoms with van der Waals surface area (Å²) in [5.41, 5.74) is 0.355. The largest absolute Gasteiger partial charge is 0.287 e. The topological polar surface area (TPSA) is 54.4 Å². The average Bonchev–Trinajstić information content (AvgIpc) is 2.01. The molecule has 0 atom stereocenters. The molecule has 0 bridgehead atoms. The van der Waals surface area contributed by atoms with E-state index in [0.717, 1.165) is 6.08 Å². The second kappa shape index (κ2) is 4.31. The first-order chi connectivity index (χ1) is 6.40. The van der Waals surface area contributed by atoms with E-state index in [1.165, 1.54) is 0 Å². The van der Waals surface area contributed by atoms with Crippen molar-refractivity contribution in [3.8, 4) is 0 Å². The Balaban J connectivity index is 3.15. The van der Waals surface area contributed by atoms with Gasteiger partial charge < -0.3 is 0 Å². The Morgan fingerprint density at radius 1 is 1.21 bits per heavy atom. The fourth-order valence-electron chi connectivity index (χ4n) is 0.824. The molecule has 0 aliphatic rings. The van der Waals surface area contributed by atoms with Crippen LogP contribution in [0.5, 0.6) is 0 Å². The summed E-state index contributed by atoms with van der Waals surface area (Å²) >= 11 is 11.5. The Labute approximate surface area is 91.7 Å². The van der Waals surface area contributed by atoms with Gasteiger partial charge in [0.25, 0.3) is 10.1 Å². The summed E-state index contributed by atoms with van der Waals surface area (Å²) in [6.07, 6.45) is 1.14. The molecule has 1 aromatic carbocycles. The van der Waals surface area contributed by atoms with Gasteiger partial charge in [0.2, 0.25) is 0 Å². The summed E-state index contributed by atoms with van der Waals surface area (Å²) < 4.78 is 29.3. The fourth-order valence-corrected chi connectivity index (χ4v) is 1.66. The van der Waals surface area contributed by atoms with Crippen molar-refractivity contribution in [2.24, 2.45) is 0 Å². The highest BCUT2D eigenvalue weighted by Crippen LogP contribution is 2.25. The van der Waals surface area contributed by atoms with Crippen molar-refractivity contribution in [1.82, 2.24) is 0 Å². The van der Waals surface area contributed by atoms with E-state index in [0.29, 0.717) is 21.0 Å². The van der Waals surface area contributed by atoms with Crippen molar-refractivity contribution < 1.29 is 13.0 Å². The molecule has 6 heteroatoms. The van der Waals surface area contributed by atoms with Crippen molar-refractivity contribution >= 4 is 39.4 Å². The van der Waals surface area contributed by atoms with E-state index < -0.39 is 10.1 Å². The molecule has 76 valence electrons. The van der Waals surface area contributed by atoms with Crippen LogP contribution < -0.4 is 0 Å². The van der Waals surface area contributed by atoms with Crippen LogP contribution in [0, 0.1) is 0 Å². The second-order valence-corrected chi connectivity index (χ2v) is 4.57. The van der Waals surface area contributed by atoms with Gasteiger partial charge in [0, 0.05) is 15.6 Å². The maximum atomic E-state index is 10.4. The van der Waals surface area contributed by atoms with Gasteiger partial charge in [-0.25, -0.2) is 0 Å². The lowest BCUT2D eigenvalue weighted by Gasteiger charge is -1.99. The van der Waals surface area contributed by atoms with Gasteiger partial charge in [0.05, 0.1) is 5.41 Å². The Morgan fingerprint density at radius 3 is 2.14 bits per heavy atom. The number of rotatable bonds is 2. The summed E-state index contributed by atoms with van der Waals surface area (Å²) in [5.74, 6) is 0. The minimum Gasteiger partial charge on any atom is -0.282 e. The van der Waals surface area contributed by atoms with Gasteiger partial charge in [-0.1, -0.05) is 29.3 Å². The highest BCUT2D eigenvalue weighted by molar-refractivity contribution is 7.88. The first-order valence-corrected chi connectivity index (χ1v) is 5.75. The molecule has 0 aromatic heterocycles. The van der Waals surface area contributed by atoms with Gasteiger partial charge in [-0.15, -0.1) is 0 Å². The zero-order valence-corrected chi connectivity index (χ0v) is 9.14. The predicted octanol–water partition coefficient (Wildman–Crippen LogP) is 2.85. The predicted molar refractivity (Wildman–Crippen MR) is 57.0 cm³/mol. The quantitative estimate of drug-likeness (QED) is 0.824. The van der Waals surface area contributed by atoms with Gasteiger partial charge in [0.1, 0.15) is 0 Å². The van der Waals surface area contributed by atoms with Crippen LogP contribution >= 0.6 is 23.2 Å². The molecule has 0 saturated heterocycles. The molecule has 1 rings (SSSR count). The Hall–Kier alpha value is -0.550. The second-order valence-electron chi connectivity index (χ2n) is 2.45. The van der Waals surface area contributed by atoms with Gasteiger partial charge in [-0.05, 0) is 18.2 Å². The summed E-state index contributed by atoms with van der Waals surface area (Å²) in [5, 5.41) is 1.26. The van der Waals surface area contributed by atoms with Crippen molar-refractivity contribution in [2.45, 2.75) is 0 Å². The van der Waals surface area contributed by atoms with E-state index in [2.05, 4.69) is 0 Å². The molecular weight excluding hydrogens is 247 g/mol. The maximum absolute atomic E-state index is 10.4. The summed E-state index contributed by atoms with van der Waals surface area (Å²) in [6.45, 7) is 0. The third kappa shape index (κ3) is 3.31. The van der Waals surface area contributed by atoms with E-state index in [4.69, 9.17) is 27.8 Å². The number of halogens is 2. The van der Waals surface area contributed by atoms with Crippen molar-refractivity contribution in [2.75, 3.05) is 0 Å². The van der Waals surface area contributed by atoms with E-state index in [-0.39, 0.29) is 0 Å². The highest BCUT2D eigenvalue weighted by Gasteiger charge is 2.03. The molecule has 0 spiro atoms. The number of benzene rings is 1. The molecule has 0 fully saturated rings. The van der Waals surface area contributed by atoms with Crippen LogP contribution in [-0.4, -0.2) is 13.0 Å². The lowest BCUT2D eigenvalue weighted by molar-refractivity contribution is 0.494. The van der Waals surface area contributed by atoms with E-state index >= 15 is 0 Å². The average molecular weight is 253 g/mol.